The Morgan fingerprint density at radius 2 is 1.82 bits per heavy atom. The van der Waals surface area contributed by atoms with E-state index in [9.17, 15) is 14.4 Å². The minimum absolute atomic E-state index is 0.246. The van der Waals surface area contributed by atoms with E-state index >= 15 is 0 Å². The first-order chi connectivity index (χ1) is 13.4. The summed E-state index contributed by atoms with van der Waals surface area (Å²) in [5.74, 6) is -1.49. The van der Waals surface area contributed by atoms with Crippen LogP contribution in [-0.2, 0) is 25.6 Å². The van der Waals surface area contributed by atoms with Gasteiger partial charge in [0, 0.05) is 17.6 Å². The lowest BCUT2D eigenvalue weighted by Crippen LogP contribution is -2.28. The fraction of sp³-hybridized carbons (Fsp3) is 0.190. The van der Waals surface area contributed by atoms with Gasteiger partial charge in [-0.1, -0.05) is 35.9 Å². The number of carbonyl (C=O) groups is 3. The Bertz CT molecular complexity index is 890. The topological polar surface area (TPSA) is 81.7 Å². The molecule has 0 unspecified atom stereocenters. The van der Waals surface area contributed by atoms with E-state index in [-0.39, 0.29) is 6.54 Å². The summed E-state index contributed by atoms with van der Waals surface area (Å²) in [6.45, 7) is 1.74. The number of halogens is 1. The van der Waals surface area contributed by atoms with E-state index in [1.54, 1.807) is 36.4 Å². The molecule has 0 aliphatic rings. The van der Waals surface area contributed by atoms with Crippen molar-refractivity contribution >= 4 is 35.5 Å². The minimum Gasteiger partial charge on any atom is -0.465 e. The van der Waals surface area contributed by atoms with Gasteiger partial charge in [0.2, 0.25) is 0 Å². The molecule has 1 N–H and O–H groups in total. The Morgan fingerprint density at radius 3 is 2.46 bits per heavy atom. The second kappa shape index (κ2) is 10.3. The summed E-state index contributed by atoms with van der Waals surface area (Å²) < 4.78 is 9.52. The molecule has 0 atom stereocenters. The first-order valence-corrected chi connectivity index (χ1v) is 8.82. The summed E-state index contributed by atoms with van der Waals surface area (Å²) in [5, 5.41) is 3.24. The van der Waals surface area contributed by atoms with Gasteiger partial charge in [0.15, 0.2) is 6.61 Å². The second-order valence-electron chi connectivity index (χ2n) is 5.91. The smallest absolute Gasteiger partial charge is 0.337 e. The Kier molecular flexibility index (Phi) is 7.77. The third kappa shape index (κ3) is 6.55. The maximum absolute atomic E-state index is 11.8. The Labute approximate surface area is 168 Å². The van der Waals surface area contributed by atoms with E-state index in [4.69, 9.17) is 16.3 Å². The molecule has 7 heteroatoms. The Hall–Kier alpha value is -3.12. The number of hydrogen-bond donors (Lipinski definition) is 1. The van der Waals surface area contributed by atoms with Gasteiger partial charge in [-0.2, -0.15) is 0 Å². The average molecular weight is 402 g/mol. The number of carbonyl (C=O) groups excluding carboxylic acids is 3. The molecule has 0 saturated heterocycles. The highest BCUT2D eigenvalue weighted by molar-refractivity contribution is 6.31. The molecule has 0 aliphatic heterocycles. The van der Waals surface area contributed by atoms with Crippen LogP contribution >= 0.6 is 11.6 Å². The van der Waals surface area contributed by atoms with Crippen molar-refractivity contribution in [3.63, 3.8) is 0 Å². The second-order valence-corrected chi connectivity index (χ2v) is 6.32. The lowest BCUT2D eigenvalue weighted by Gasteiger charge is -2.06. The van der Waals surface area contributed by atoms with Crippen LogP contribution in [0.15, 0.2) is 48.5 Å². The van der Waals surface area contributed by atoms with Gasteiger partial charge in [-0.3, -0.25) is 4.79 Å². The molecule has 1 amide bonds. The summed E-state index contributed by atoms with van der Waals surface area (Å²) >= 11 is 6.02. The highest BCUT2D eigenvalue weighted by Crippen LogP contribution is 2.17. The van der Waals surface area contributed by atoms with E-state index in [0.717, 1.165) is 16.7 Å². The van der Waals surface area contributed by atoms with Gasteiger partial charge in [0.25, 0.3) is 5.91 Å². The summed E-state index contributed by atoms with van der Waals surface area (Å²) in [6, 6.07) is 12.0. The van der Waals surface area contributed by atoms with Gasteiger partial charge in [-0.15, -0.1) is 0 Å². The number of rotatable bonds is 7. The van der Waals surface area contributed by atoms with E-state index in [1.165, 1.54) is 13.2 Å². The van der Waals surface area contributed by atoms with E-state index < -0.39 is 24.5 Å². The van der Waals surface area contributed by atoms with Crippen LogP contribution in [-0.4, -0.2) is 31.6 Å². The van der Waals surface area contributed by atoms with Gasteiger partial charge >= 0.3 is 11.9 Å². The number of aryl methyl sites for hydroxylation is 1. The number of benzene rings is 2. The molecule has 0 saturated carbocycles. The molecule has 6 nitrogen and oxygen atoms in total. The van der Waals surface area contributed by atoms with Gasteiger partial charge in [0.1, 0.15) is 0 Å². The Morgan fingerprint density at radius 1 is 1.11 bits per heavy atom. The van der Waals surface area contributed by atoms with Crippen molar-refractivity contribution in [2.24, 2.45) is 0 Å². The number of amides is 1. The van der Waals surface area contributed by atoms with Crippen LogP contribution in [0.3, 0.4) is 0 Å². The van der Waals surface area contributed by atoms with E-state index in [1.807, 2.05) is 19.1 Å². The molecular formula is C21H20ClNO5. The lowest BCUT2D eigenvalue weighted by molar-refractivity contribution is -0.143. The van der Waals surface area contributed by atoms with Crippen molar-refractivity contribution in [2.75, 3.05) is 13.7 Å². The fourth-order valence-electron chi connectivity index (χ4n) is 2.19. The van der Waals surface area contributed by atoms with Gasteiger partial charge in [-0.25, -0.2) is 9.59 Å². The maximum atomic E-state index is 11.8. The molecule has 0 fully saturated rings. The minimum atomic E-state index is -0.630. The van der Waals surface area contributed by atoms with Gasteiger partial charge in [-0.05, 0) is 47.9 Å². The standard InChI is InChI=1S/C21H20ClNO5/c1-14-3-4-15(11-18(14)22)7-10-20(25)28-13-19(24)23-12-16-5-8-17(9-6-16)21(26)27-2/h3-11H,12-13H2,1-2H3,(H,23,24)/b10-7+. The van der Waals surface area contributed by atoms with E-state index in [2.05, 4.69) is 10.1 Å². The van der Waals surface area contributed by atoms with Crippen LogP contribution in [0.1, 0.15) is 27.0 Å². The zero-order valence-electron chi connectivity index (χ0n) is 15.5. The highest BCUT2D eigenvalue weighted by atomic mass is 35.5. The van der Waals surface area contributed by atoms with Crippen LogP contribution in [0, 0.1) is 6.92 Å². The monoisotopic (exact) mass is 401 g/mol. The van der Waals surface area contributed by atoms with Crippen molar-refractivity contribution in [1.29, 1.82) is 0 Å². The molecule has 0 radical (unpaired) electrons. The summed E-state index contributed by atoms with van der Waals surface area (Å²) in [7, 11) is 1.31. The fourth-order valence-corrected chi connectivity index (χ4v) is 2.38. The Balaban J connectivity index is 1.75. The molecule has 0 aliphatic carbocycles. The van der Waals surface area contributed by atoms with Crippen LogP contribution in [0.4, 0.5) is 0 Å². The molecule has 0 aromatic heterocycles. The predicted octanol–water partition coefficient (Wildman–Crippen LogP) is 3.31. The molecule has 2 aromatic carbocycles. The number of hydrogen-bond acceptors (Lipinski definition) is 5. The number of esters is 2. The third-order valence-corrected chi connectivity index (χ3v) is 4.23. The zero-order chi connectivity index (χ0) is 20.5. The first kappa shape index (κ1) is 21.2. The number of ether oxygens (including phenoxy) is 2. The SMILES string of the molecule is COC(=O)c1ccc(CNC(=O)COC(=O)/C=C/c2ccc(C)c(Cl)c2)cc1. The average Bonchev–Trinajstić information content (AvgIpc) is 2.71. The van der Waals surface area contributed by atoms with Crippen molar-refractivity contribution in [1.82, 2.24) is 5.32 Å². The molecule has 0 bridgehead atoms. The molecule has 0 heterocycles. The van der Waals surface area contributed by atoms with Gasteiger partial charge < -0.3 is 14.8 Å². The summed E-state index contributed by atoms with van der Waals surface area (Å²) in [6.07, 6.45) is 2.80. The van der Waals surface area contributed by atoms with Crippen LogP contribution in [0.5, 0.6) is 0 Å². The normalized spacial score (nSPS) is 10.5. The van der Waals surface area contributed by atoms with Crippen LogP contribution in [0.2, 0.25) is 5.02 Å². The van der Waals surface area contributed by atoms with Crippen molar-refractivity contribution in [3.05, 3.63) is 75.8 Å². The van der Waals surface area contributed by atoms with Crippen molar-refractivity contribution in [3.8, 4) is 0 Å². The summed E-state index contributed by atoms with van der Waals surface area (Å²) in [5.41, 5.74) is 2.92. The maximum Gasteiger partial charge on any atom is 0.337 e. The first-order valence-electron chi connectivity index (χ1n) is 8.44. The molecule has 0 spiro atoms. The lowest BCUT2D eigenvalue weighted by atomic mass is 10.1. The van der Waals surface area contributed by atoms with Crippen LogP contribution < -0.4 is 5.32 Å². The molecule has 28 heavy (non-hydrogen) atoms. The quantitative estimate of drug-likeness (QED) is 0.568. The molecule has 2 rings (SSSR count). The summed E-state index contributed by atoms with van der Waals surface area (Å²) in [4.78, 5) is 34.9. The molecule has 146 valence electrons. The predicted molar refractivity (Wildman–Crippen MR) is 106 cm³/mol. The highest BCUT2D eigenvalue weighted by Gasteiger charge is 2.07. The van der Waals surface area contributed by atoms with Crippen molar-refractivity contribution in [2.45, 2.75) is 13.5 Å². The largest absolute Gasteiger partial charge is 0.465 e. The number of nitrogens with one attached hydrogen (secondary N) is 1. The zero-order valence-corrected chi connectivity index (χ0v) is 16.3. The van der Waals surface area contributed by atoms with Gasteiger partial charge in [0.05, 0.1) is 12.7 Å². The van der Waals surface area contributed by atoms with Crippen molar-refractivity contribution < 1.29 is 23.9 Å². The number of methoxy groups -OCH3 is 1. The molecule has 2 aromatic rings. The molecular weight excluding hydrogens is 382 g/mol. The third-order valence-electron chi connectivity index (χ3n) is 3.82. The van der Waals surface area contributed by atoms with E-state index in [0.29, 0.717) is 10.6 Å². The van der Waals surface area contributed by atoms with Crippen LogP contribution in [0.25, 0.3) is 6.08 Å².